The number of aryl methyl sites for hydroxylation is 3. The zero-order valence-electron chi connectivity index (χ0n) is 14.6. The highest BCUT2D eigenvalue weighted by Crippen LogP contribution is 2.29. The average molecular weight is 355 g/mol. The van der Waals surface area contributed by atoms with Gasteiger partial charge in [0.25, 0.3) is 5.56 Å². The van der Waals surface area contributed by atoms with Gasteiger partial charge in [-0.05, 0) is 38.8 Å². The van der Waals surface area contributed by atoms with Gasteiger partial charge in [-0.3, -0.25) is 14.2 Å². The molecule has 0 unspecified atom stereocenters. The van der Waals surface area contributed by atoms with Crippen molar-refractivity contribution in [3.05, 3.63) is 50.6 Å². The molecule has 0 fully saturated rings. The summed E-state index contributed by atoms with van der Waals surface area (Å²) in [6.07, 6.45) is 0.767. The van der Waals surface area contributed by atoms with E-state index in [-0.39, 0.29) is 17.9 Å². The highest BCUT2D eigenvalue weighted by Gasteiger charge is 2.17. The molecule has 130 valence electrons. The molecule has 2 heterocycles. The number of thiophene rings is 1. The van der Waals surface area contributed by atoms with Gasteiger partial charge in [0, 0.05) is 23.4 Å². The third kappa shape index (κ3) is 3.35. The van der Waals surface area contributed by atoms with Crippen molar-refractivity contribution >= 4 is 27.5 Å². The molecule has 0 spiro atoms. The van der Waals surface area contributed by atoms with Crippen molar-refractivity contribution in [2.75, 3.05) is 0 Å². The van der Waals surface area contributed by atoms with Gasteiger partial charge in [-0.1, -0.05) is 23.8 Å². The lowest BCUT2D eigenvalue weighted by Crippen LogP contribution is -2.24. The van der Waals surface area contributed by atoms with Crippen LogP contribution in [0.3, 0.4) is 0 Å². The summed E-state index contributed by atoms with van der Waals surface area (Å²) in [6, 6.07) is 7.95. The number of primary amides is 1. The van der Waals surface area contributed by atoms with Crippen LogP contribution in [0.5, 0.6) is 0 Å². The number of aromatic nitrogens is 2. The smallest absolute Gasteiger partial charge is 0.262 e. The van der Waals surface area contributed by atoms with E-state index in [0.29, 0.717) is 24.2 Å². The molecule has 3 rings (SSSR count). The van der Waals surface area contributed by atoms with Gasteiger partial charge in [0.15, 0.2) is 0 Å². The van der Waals surface area contributed by atoms with Gasteiger partial charge in [0.05, 0.1) is 5.39 Å². The SMILES string of the molecule is Cc1cccc(-c2nc3sc(C)c(C)c3c(=O)n2CCCC(N)=O)c1. The van der Waals surface area contributed by atoms with Crippen molar-refractivity contribution in [1.29, 1.82) is 0 Å². The molecule has 5 nitrogen and oxygen atoms in total. The number of nitrogens with zero attached hydrogens (tertiary/aromatic N) is 2. The lowest BCUT2D eigenvalue weighted by Gasteiger charge is -2.13. The first-order chi connectivity index (χ1) is 11.9. The predicted molar refractivity (Wildman–Crippen MR) is 102 cm³/mol. The standard InChI is InChI=1S/C19H21N3O2S/c1-11-6-4-7-14(10-11)17-21-18-16(12(2)13(3)25-18)19(24)22(17)9-5-8-15(20)23/h4,6-7,10H,5,8-9H2,1-3H3,(H2,20,23). The zero-order valence-corrected chi connectivity index (χ0v) is 15.4. The number of carbonyl (C=O) groups excluding carboxylic acids is 1. The van der Waals surface area contributed by atoms with Crippen LogP contribution in [0.1, 0.15) is 28.8 Å². The fourth-order valence-electron chi connectivity index (χ4n) is 2.95. The molecule has 1 aromatic carbocycles. The van der Waals surface area contributed by atoms with Crippen LogP contribution in [0.15, 0.2) is 29.1 Å². The van der Waals surface area contributed by atoms with Crippen molar-refractivity contribution in [1.82, 2.24) is 9.55 Å². The Kier molecular flexibility index (Phi) is 4.72. The maximum absolute atomic E-state index is 13.1. The van der Waals surface area contributed by atoms with Crippen LogP contribution in [0.25, 0.3) is 21.6 Å². The molecule has 2 N–H and O–H groups in total. The molecule has 0 aliphatic rings. The second-order valence-electron chi connectivity index (χ2n) is 6.29. The molecule has 0 atom stereocenters. The minimum absolute atomic E-state index is 0.0483. The number of benzene rings is 1. The van der Waals surface area contributed by atoms with Gasteiger partial charge in [0.2, 0.25) is 5.91 Å². The lowest BCUT2D eigenvalue weighted by molar-refractivity contribution is -0.118. The molecule has 0 saturated carbocycles. The number of carbonyl (C=O) groups is 1. The summed E-state index contributed by atoms with van der Waals surface area (Å²) in [6.45, 7) is 6.39. The van der Waals surface area contributed by atoms with Crippen LogP contribution in [-0.2, 0) is 11.3 Å². The molecule has 0 aliphatic carbocycles. The second-order valence-corrected chi connectivity index (χ2v) is 7.50. The molecular weight excluding hydrogens is 334 g/mol. The van der Waals surface area contributed by atoms with E-state index in [4.69, 9.17) is 10.7 Å². The number of rotatable bonds is 5. The highest BCUT2D eigenvalue weighted by atomic mass is 32.1. The van der Waals surface area contributed by atoms with Gasteiger partial charge >= 0.3 is 0 Å². The number of hydrogen-bond acceptors (Lipinski definition) is 4. The summed E-state index contributed by atoms with van der Waals surface area (Å²) in [4.78, 5) is 30.9. The molecule has 25 heavy (non-hydrogen) atoms. The molecule has 0 aliphatic heterocycles. The van der Waals surface area contributed by atoms with Crippen LogP contribution in [0.2, 0.25) is 0 Å². The molecule has 0 saturated heterocycles. The number of fused-ring (bicyclic) bond motifs is 1. The highest BCUT2D eigenvalue weighted by molar-refractivity contribution is 7.18. The van der Waals surface area contributed by atoms with Gasteiger partial charge < -0.3 is 5.73 Å². The first-order valence-corrected chi connectivity index (χ1v) is 9.06. The third-order valence-corrected chi connectivity index (χ3v) is 5.47. The lowest BCUT2D eigenvalue weighted by atomic mass is 10.1. The Bertz CT molecular complexity index is 1020. The first-order valence-electron chi connectivity index (χ1n) is 8.24. The zero-order chi connectivity index (χ0) is 18.1. The summed E-state index contributed by atoms with van der Waals surface area (Å²) in [5.74, 6) is 0.286. The summed E-state index contributed by atoms with van der Waals surface area (Å²) in [5, 5.41) is 0.679. The number of nitrogens with two attached hydrogens (primary N) is 1. The van der Waals surface area contributed by atoms with Gasteiger partial charge in [-0.25, -0.2) is 4.98 Å². The molecule has 3 aromatic rings. The van der Waals surface area contributed by atoms with Crippen LogP contribution in [-0.4, -0.2) is 15.5 Å². The van der Waals surface area contributed by atoms with Crippen LogP contribution < -0.4 is 11.3 Å². The van der Waals surface area contributed by atoms with E-state index in [0.717, 1.165) is 26.4 Å². The van der Waals surface area contributed by atoms with Gasteiger partial charge in [-0.2, -0.15) is 0 Å². The summed E-state index contributed by atoms with van der Waals surface area (Å²) < 4.78 is 1.68. The average Bonchev–Trinajstić information content (AvgIpc) is 2.84. The topological polar surface area (TPSA) is 78.0 Å². The van der Waals surface area contributed by atoms with E-state index in [2.05, 4.69) is 0 Å². The summed E-state index contributed by atoms with van der Waals surface area (Å²) in [7, 11) is 0. The van der Waals surface area contributed by atoms with Crippen molar-refractivity contribution in [3.8, 4) is 11.4 Å². The fourth-order valence-corrected chi connectivity index (χ4v) is 3.97. The Hall–Kier alpha value is -2.47. The Morgan fingerprint density at radius 3 is 2.72 bits per heavy atom. The number of hydrogen-bond donors (Lipinski definition) is 1. The largest absolute Gasteiger partial charge is 0.370 e. The normalized spacial score (nSPS) is 11.2. The molecule has 2 aromatic heterocycles. The summed E-state index contributed by atoms with van der Waals surface area (Å²) >= 11 is 1.54. The number of amides is 1. The first kappa shape index (κ1) is 17.4. The maximum Gasteiger partial charge on any atom is 0.262 e. The monoisotopic (exact) mass is 355 g/mol. The molecule has 6 heteroatoms. The van der Waals surface area contributed by atoms with E-state index in [1.807, 2.05) is 45.0 Å². The summed E-state index contributed by atoms with van der Waals surface area (Å²) in [5.41, 5.74) is 8.19. The van der Waals surface area contributed by atoms with E-state index < -0.39 is 0 Å². The third-order valence-electron chi connectivity index (χ3n) is 4.37. The van der Waals surface area contributed by atoms with Crippen molar-refractivity contribution in [2.45, 2.75) is 40.2 Å². The fraction of sp³-hybridized carbons (Fsp3) is 0.316. The van der Waals surface area contributed by atoms with E-state index in [9.17, 15) is 9.59 Å². The molecule has 1 amide bonds. The Labute approximate surface area is 150 Å². The van der Waals surface area contributed by atoms with E-state index in [1.165, 1.54) is 0 Å². The van der Waals surface area contributed by atoms with Gasteiger partial charge in [-0.15, -0.1) is 11.3 Å². The van der Waals surface area contributed by atoms with Gasteiger partial charge in [0.1, 0.15) is 10.7 Å². The van der Waals surface area contributed by atoms with Crippen molar-refractivity contribution in [3.63, 3.8) is 0 Å². The van der Waals surface area contributed by atoms with Crippen LogP contribution >= 0.6 is 11.3 Å². The predicted octanol–water partition coefficient (Wildman–Crippen LogP) is 3.32. The van der Waals surface area contributed by atoms with Crippen LogP contribution in [0, 0.1) is 20.8 Å². The Morgan fingerprint density at radius 2 is 2.04 bits per heavy atom. The van der Waals surface area contributed by atoms with E-state index in [1.54, 1.807) is 15.9 Å². The Balaban J connectivity index is 2.22. The minimum Gasteiger partial charge on any atom is -0.370 e. The quantitative estimate of drug-likeness (QED) is 0.762. The molecular formula is C19H21N3O2S. The second kappa shape index (κ2) is 6.80. The van der Waals surface area contributed by atoms with Crippen molar-refractivity contribution in [2.24, 2.45) is 5.73 Å². The Morgan fingerprint density at radius 1 is 1.28 bits per heavy atom. The van der Waals surface area contributed by atoms with Crippen LogP contribution in [0.4, 0.5) is 0 Å². The maximum atomic E-state index is 13.1. The molecule has 0 radical (unpaired) electrons. The van der Waals surface area contributed by atoms with E-state index >= 15 is 0 Å². The minimum atomic E-state index is -0.359. The van der Waals surface area contributed by atoms with Crippen molar-refractivity contribution < 1.29 is 4.79 Å². The molecule has 0 bridgehead atoms.